The molecule has 0 heterocycles. The minimum absolute atomic E-state index is 0.669. The molecule has 1 rings (SSSR count). The number of ether oxygens (including phenoxy) is 3. The van der Waals surface area contributed by atoms with E-state index >= 15 is 0 Å². The molecule has 3 nitrogen and oxygen atoms in total. The van der Waals surface area contributed by atoms with Crippen LogP contribution in [-0.2, 0) is 14.2 Å². The Bertz CT molecular complexity index is 102. The third-order valence-electron chi connectivity index (χ3n) is 1.85. The molecular formula is C9H18O3. The summed E-state index contributed by atoms with van der Waals surface area (Å²) in [4.78, 5) is 0. The molecule has 1 aliphatic rings. The van der Waals surface area contributed by atoms with E-state index in [1.807, 2.05) is 0 Å². The van der Waals surface area contributed by atoms with Gasteiger partial charge < -0.3 is 14.2 Å². The van der Waals surface area contributed by atoms with Crippen molar-refractivity contribution in [3.63, 3.8) is 0 Å². The van der Waals surface area contributed by atoms with Crippen molar-refractivity contribution >= 4 is 0 Å². The number of hydrogen-bond acceptors (Lipinski definition) is 3. The Morgan fingerprint density at radius 3 is 2.33 bits per heavy atom. The van der Waals surface area contributed by atoms with Gasteiger partial charge in [-0.25, -0.2) is 0 Å². The van der Waals surface area contributed by atoms with Crippen LogP contribution in [0.25, 0.3) is 0 Å². The zero-order valence-corrected chi connectivity index (χ0v) is 7.75. The highest BCUT2D eigenvalue weighted by atomic mass is 16.5. The second kappa shape index (κ2) is 6.40. The van der Waals surface area contributed by atoms with Crippen LogP contribution >= 0.6 is 0 Å². The fraction of sp³-hybridized carbons (Fsp3) is 1.00. The first-order chi connectivity index (χ1) is 5.93. The maximum atomic E-state index is 5.37. The van der Waals surface area contributed by atoms with E-state index in [0.717, 1.165) is 19.1 Å². The van der Waals surface area contributed by atoms with Gasteiger partial charge in [0.1, 0.15) is 0 Å². The minimum Gasteiger partial charge on any atom is -0.382 e. The van der Waals surface area contributed by atoms with Crippen molar-refractivity contribution in [1.29, 1.82) is 0 Å². The topological polar surface area (TPSA) is 27.7 Å². The normalized spacial score (nSPS) is 16.8. The Balaban J connectivity index is 1.65. The van der Waals surface area contributed by atoms with E-state index in [1.54, 1.807) is 7.11 Å². The molecule has 0 saturated heterocycles. The van der Waals surface area contributed by atoms with Crippen LogP contribution in [0.4, 0.5) is 0 Å². The summed E-state index contributed by atoms with van der Waals surface area (Å²) in [6.07, 6.45) is 2.70. The predicted molar refractivity (Wildman–Crippen MR) is 46.2 cm³/mol. The molecule has 12 heavy (non-hydrogen) atoms. The lowest BCUT2D eigenvalue weighted by atomic mass is 10.5. The standard InChI is InChI=1S/C9H18O3/c1-10-4-5-11-6-7-12-8-9-2-3-9/h9H,2-8H2,1H3. The first-order valence-electron chi connectivity index (χ1n) is 4.58. The summed E-state index contributed by atoms with van der Waals surface area (Å²) in [5.74, 6) is 0.851. The third-order valence-corrected chi connectivity index (χ3v) is 1.85. The Morgan fingerprint density at radius 2 is 1.67 bits per heavy atom. The van der Waals surface area contributed by atoms with E-state index in [2.05, 4.69) is 0 Å². The molecule has 0 aromatic carbocycles. The largest absolute Gasteiger partial charge is 0.382 e. The zero-order chi connectivity index (χ0) is 8.65. The molecule has 0 aliphatic heterocycles. The molecule has 1 fully saturated rings. The fourth-order valence-corrected chi connectivity index (χ4v) is 0.897. The Hall–Kier alpha value is -0.120. The zero-order valence-electron chi connectivity index (χ0n) is 7.75. The number of methoxy groups -OCH3 is 1. The summed E-state index contributed by atoms with van der Waals surface area (Å²) in [5.41, 5.74) is 0. The first kappa shape index (κ1) is 9.96. The van der Waals surface area contributed by atoms with E-state index < -0.39 is 0 Å². The minimum atomic E-state index is 0.669. The molecule has 72 valence electrons. The smallest absolute Gasteiger partial charge is 0.0701 e. The van der Waals surface area contributed by atoms with Gasteiger partial charge in [0.25, 0.3) is 0 Å². The van der Waals surface area contributed by atoms with Gasteiger partial charge in [0.2, 0.25) is 0 Å². The highest BCUT2D eigenvalue weighted by Crippen LogP contribution is 2.28. The van der Waals surface area contributed by atoms with Gasteiger partial charge in [0, 0.05) is 13.7 Å². The van der Waals surface area contributed by atoms with Crippen LogP contribution in [0.5, 0.6) is 0 Å². The van der Waals surface area contributed by atoms with Gasteiger partial charge in [0.05, 0.1) is 26.4 Å². The quantitative estimate of drug-likeness (QED) is 0.515. The van der Waals surface area contributed by atoms with Crippen LogP contribution in [0, 0.1) is 5.92 Å². The molecule has 0 amide bonds. The molecule has 0 unspecified atom stereocenters. The highest BCUT2D eigenvalue weighted by Gasteiger charge is 2.20. The van der Waals surface area contributed by atoms with Crippen molar-refractivity contribution in [3.05, 3.63) is 0 Å². The van der Waals surface area contributed by atoms with Crippen LogP contribution in [0.1, 0.15) is 12.8 Å². The summed E-state index contributed by atoms with van der Waals surface area (Å²) in [6.45, 7) is 3.68. The highest BCUT2D eigenvalue weighted by molar-refractivity contribution is 4.71. The Morgan fingerprint density at radius 1 is 1.00 bits per heavy atom. The molecule has 1 aliphatic carbocycles. The average molecular weight is 174 g/mol. The maximum absolute atomic E-state index is 5.37. The molecule has 0 bridgehead atoms. The van der Waals surface area contributed by atoms with Crippen LogP contribution in [0.2, 0.25) is 0 Å². The molecule has 3 heteroatoms. The van der Waals surface area contributed by atoms with Crippen molar-refractivity contribution in [1.82, 2.24) is 0 Å². The summed E-state index contributed by atoms with van der Waals surface area (Å²) in [6, 6.07) is 0. The van der Waals surface area contributed by atoms with Crippen molar-refractivity contribution < 1.29 is 14.2 Å². The van der Waals surface area contributed by atoms with Crippen LogP contribution in [0.15, 0.2) is 0 Å². The molecule has 0 atom stereocenters. The fourth-order valence-electron chi connectivity index (χ4n) is 0.897. The molecule has 0 aromatic heterocycles. The Labute approximate surface area is 74.0 Å². The lowest BCUT2D eigenvalue weighted by Crippen LogP contribution is -2.09. The molecule has 0 N–H and O–H groups in total. The van der Waals surface area contributed by atoms with Crippen LogP contribution < -0.4 is 0 Å². The number of hydrogen-bond donors (Lipinski definition) is 0. The van der Waals surface area contributed by atoms with Gasteiger partial charge in [-0.3, -0.25) is 0 Å². The van der Waals surface area contributed by atoms with Gasteiger partial charge in [-0.15, -0.1) is 0 Å². The lowest BCUT2D eigenvalue weighted by Gasteiger charge is -2.04. The molecule has 0 radical (unpaired) electrons. The average Bonchev–Trinajstić information content (AvgIpc) is 2.87. The molecular weight excluding hydrogens is 156 g/mol. The molecule has 0 aromatic rings. The molecule has 1 saturated carbocycles. The summed E-state index contributed by atoms with van der Waals surface area (Å²) < 4.78 is 15.4. The van der Waals surface area contributed by atoms with Gasteiger partial charge in [0.15, 0.2) is 0 Å². The van der Waals surface area contributed by atoms with Gasteiger partial charge >= 0.3 is 0 Å². The SMILES string of the molecule is COCCOCCOCC1CC1. The van der Waals surface area contributed by atoms with Crippen molar-refractivity contribution in [2.75, 3.05) is 40.1 Å². The van der Waals surface area contributed by atoms with E-state index in [-0.39, 0.29) is 0 Å². The monoisotopic (exact) mass is 174 g/mol. The van der Waals surface area contributed by atoms with Crippen molar-refractivity contribution in [2.45, 2.75) is 12.8 Å². The van der Waals surface area contributed by atoms with Crippen LogP contribution in [-0.4, -0.2) is 40.1 Å². The summed E-state index contributed by atoms with van der Waals surface area (Å²) >= 11 is 0. The van der Waals surface area contributed by atoms with Crippen molar-refractivity contribution in [2.24, 2.45) is 5.92 Å². The second-order valence-electron chi connectivity index (χ2n) is 3.12. The van der Waals surface area contributed by atoms with E-state index in [4.69, 9.17) is 14.2 Å². The maximum Gasteiger partial charge on any atom is 0.0701 e. The van der Waals surface area contributed by atoms with Crippen LogP contribution in [0.3, 0.4) is 0 Å². The predicted octanol–water partition coefficient (Wildman–Crippen LogP) is 1.08. The third kappa shape index (κ3) is 5.52. The first-order valence-corrected chi connectivity index (χ1v) is 4.58. The van der Waals surface area contributed by atoms with Gasteiger partial charge in [-0.05, 0) is 18.8 Å². The summed E-state index contributed by atoms with van der Waals surface area (Å²) in [5, 5.41) is 0. The molecule has 0 spiro atoms. The number of rotatable bonds is 8. The van der Waals surface area contributed by atoms with Gasteiger partial charge in [-0.2, -0.15) is 0 Å². The van der Waals surface area contributed by atoms with Gasteiger partial charge in [-0.1, -0.05) is 0 Å². The lowest BCUT2D eigenvalue weighted by molar-refractivity contribution is 0.0223. The Kier molecular flexibility index (Phi) is 5.32. The van der Waals surface area contributed by atoms with E-state index in [9.17, 15) is 0 Å². The second-order valence-corrected chi connectivity index (χ2v) is 3.12. The van der Waals surface area contributed by atoms with E-state index in [1.165, 1.54) is 12.8 Å². The van der Waals surface area contributed by atoms with E-state index in [0.29, 0.717) is 19.8 Å². The summed E-state index contributed by atoms with van der Waals surface area (Å²) in [7, 11) is 1.67. The van der Waals surface area contributed by atoms with Crippen molar-refractivity contribution in [3.8, 4) is 0 Å².